The lowest BCUT2D eigenvalue weighted by Gasteiger charge is -2.33. The van der Waals surface area contributed by atoms with Gasteiger partial charge in [-0.3, -0.25) is 9.59 Å². The smallest absolute Gasteiger partial charge is 0.309 e. The summed E-state index contributed by atoms with van der Waals surface area (Å²) in [6.07, 6.45) is 1.43. The molecule has 2 heterocycles. The van der Waals surface area contributed by atoms with E-state index in [1.807, 2.05) is 37.3 Å². The van der Waals surface area contributed by atoms with Gasteiger partial charge in [-0.1, -0.05) is 35.0 Å². The molecule has 0 radical (unpaired) electrons. The van der Waals surface area contributed by atoms with Gasteiger partial charge in [-0.2, -0.15) is 0 Å². The number of ether oxygens (including phenoxy) is 1. The highest BCUT2D eigenvalue weighted by atomic mass is 35.5. The number of hydrogen-bond donors (Lipinski definition) is 0. The molecule has 1 aliphatic rings. The van der Waals surface area contributed by atoms with Crippen molar-refractivity contribution in [3.05, 3.63) is 53.6 Å². The molecule has 0 aliphatic carbocycles. The van der Waals surface area contributed by atoms with Gasteiger partial charge in [-0.25, -0.2) is 4.42 Å². The second-order valence-corrected chi connectivity index (χ2v) is 8.82. The first-order valence-electron chi connectivity index (χ1n) is 11.1. The van der Waals surface area contributed by atoms with Crippen molar-refractivity contribution in [1.29, 1.82) is 0 Å². The maximum Gasteiger partial charge on any atom is 0.309 e. The van der Waals surface area contributed by atoms with Crippen molar-refractivity contribution in [3.63, 3.8) is 0 Å². The Hall–Kier alpha value is -3.03. The molecule has 1 amide bonds. The van der Waals surface area contributed by atoms with Crippen molar-refractivity contribution in [2.24, 2.45) is 5.92 Å². The standard InChI is InChI=1S/C25H25Cl2N3O4/c1-3-33-25(32)17-10-12-29(13-11-17)22-9-5-8-20(26)24(22)21-15-23(34-28-21)18-6-4-7-19(14-18)30(27)16(2)31/h4-9,14-15,17H,3,10-13H2,1-2H3. The van der Waals surface area contributed by atoms with Crippen molar-refractivity contribution in [2.45, 2.75) is 26.7 Å². The molecule has 0 spiro atoms. The van der Waals surface area contributed by atoms with Crippen molar-refractivity contribution >= 4 is 46.6 Å². The third kappa shape index (κ3) is 5.05. The summed E-state index contributed by atoms with van der Waals surface area (Å²) >= 11 is 12.7. The van der Waals surface area contributed by atoms with Gasteiger partial charge in [-0.15, -0.1) is 0 Å². The molecule has 34 heavy (non-hydrogen) atoms. The van der Waals surface area contributed by atoms with Crippen LogP contribution in [0.3, 0.4) is 0 Å². The summed E-state index contributed by atoms with van der Waals surface area (Å²) in [5, 5.41) is 4.84. The quantitative estimate of drug-likeness (QED) is 0.306. The van der Waals surface area contributed by atoms with Crippen LogP contribution in [0.15, 0.2) is 53.1 Å². The maximum absolute atomic E-state index is 12.1. The van der Waals surface area contributed by atoms with E-state index in [0.717, 1.165) is 21.2 Å². The lowest BCUT2D eigenvalue weighted by atomic mass is 9.95. The average molecular weight is 502 g/mol. The number of benzene rings is 2. The predicted molar refractivity (Wildman–Crippen MR) is 133 cm³/mol. The molecule has 0 N–H and O–H groups in total. The van der Waals surface area contributed by atoms with Crippen LogP contribution in [0.1, 0.15) is 26.7 Å². The molecule has 3 aromatic rings. The SMILES string of the molecule is CCOC(=O)C1CCN(c2cccc(Cl)c2-c2cc(-c3cccc(N(Cl)C(C)=O)c3)on2)CC1. The molecule has 9 heteroatoms. The van der Waals surface area contributed by atoms with Gasteiger partial charge >= 0.3 is 5.97 Å². The third-order valence-electron chi connectivity index (χ3n) is 5.85. The number of hydrogen-bond acceptors (Lipinski definition) is 6. The van der Waals surface area contributed by atoms with E-state index in [2.05, 4.69) is 10.1 Å². The van der Waals surface area contributed by atoms with Crippen LogP contribution in [-0.2, 0) is 14.3 Å². The lowest BCUT2D eigenvalue weighted by molar-refractivity contribution is -0.148. The van der Waals surface area contributed by atoms with Crippen molar-refractivity contribution in [2.75, 3.05) is 29.0 Å². The Bertz CT molecular complexity index is 1190. The normalized spacial score (nSPS) is 14.2. The molecule has 0 unspecified atom stereocenters. The largest absolute Gasteiger partial charge is 0.466 e. The molecule has 0 saturated carbocycles. The van der Waals surface area contributed by atoms with Crippen LogP contribution in [0.25, 0.3) is 22.6 Å². The van der Waals surface area contributed by atoms with Gasteiger partial charge in [0.15, 0.2) is 5.76 Å². The van der Waals surface area contributed by atoms with E-state index < -0.39 is 0 Å². The Morgan fingerprint density at radius 3 is 2.62 bits per heavy atom. The predicted octanol–water partition coefficient (Wildman–Crippen LogP) is 5.95. The van der Waals surface area contributed by atoms with Gasteiger partial charge in [0.05, 0.1) is 23.2 Å². The molecular weight excluding hydrogens is 477 g/mol. The molecule has 1 saturated heterocycles. The summed E-state index contributed by atoms with van der Waals surface area (Å²) in [6, 6.07) is 14.7. The van der Waals surface area contributed by atoms with Crippen molar-refractivity contribution in [3.8, 4) is 22.6 Å². The number of esters is 1. The van der Waals surface area contributed by atoms with Crippen LogP contribution in [0, 0.1) is 5.92 Å². The van der Waals surface area contributed by atoms with E-state index in [4.69, 9.17) is 32.6 Å². The van der Waals surface area contributed by atoms with Crippen LogP contribution in [0.4, 0.5) is 11.4 Å². The highest BCUT2D eigenvalue weighted by Gasteiger charge is 2.28. The average Bonchev–Trinajstić information content (AvgIpc) is 3.33. The number of anilines is 2. The Balaban J connectivity index is 1.60. The number of carbonyl (C=O) groups is 2. The van der Waals surface area contributed by atoms with E-state index in [1.165, 1.54) is 6.92 Å². The fourth-order valence-corrected chi connectivity index (χ4v) is 4.51. The van der Waals surface area contributed by atoms with Gasteiger partial charge in [0.2, 0.25) is 5.91 Å². The fraction of sp³-hybridized carbons (Fsp3) is 0.320. The zero-order chi connectivity index (χ0) is 24.2. The molecule has 0 bridgehead atoms. The van der Waals surface area contributed by atoms with Gasteiger partial charge in [0.25, 0.3) is 0 Å². The summed E-state index contributed by atoms with van der Waals surface area (Å²) in [7, 11) is 0. The molecule has 1 aromatic heterocycles. The minimum atomic E-state index is -0.287. The summed E-state index contributed by atoms with van der Waals surface area (Å²) in [6.45, 7) is 5.02. The number of halogens is 2. The number of nitrogens with zero attached hydrogens (tertiary/aromatic N) is 3. The van der Waals surface area contributed by atoms with E-state index >= 15 is 0 Å². The highest BCUT2D eigenvalue weighted by Crippen LogP contribution is 2.39. The zero-order valence-corrected chi connectivity index (χ0v) is 20.5. The van der Waals surface area contributed by atoms with E-state index in [1.54, 1.807) is 18.2 Å². The van der Waals surface area contributed by atoms with Gasteiger partial charge in [0, 0.05) is 54.7 Å². The maximum atomic E-state index is 12.1. The molecular formula is C25H25Cl2N3O4. The minimum absolute atomic E-state index is 0.0822. The number of carbonyl (C=O) groups excluding carboxylic acids is 2. The third-order valence-corrected chi connectivity index (χ3v) is 6.60. The van der Waals surface area contributed by atoms with E-state index in [0.29, 0.717) is 54.7 Å². The van der Waals surface area contributed by atoms with E-state index in [-0.39, 0.29) is 17.8 Å². The highest BCUT2D eigenvalue weighted by molar-refractivity contribution is 6.36. The zero-order valence-electron chi connectivity index (χ0n) is 19.0. The minimum Gasteiger partial charge on any atom is -0.466 e. The van der Waals surface area contributed by atoms with Gasteiger partial charge in [0.1, 0.15) is 5.69 Å². The second-order valence-electron chi connectivity index (χ2n) is 8.07. The second kappa shape index (κ2) is 10.5. The topological polar surface area (TPSA) is 75.9 Å². The molecule has 1 aliphatic heterocycles. The van der Waals surface area contributed by atoms with Crippen LogP contribution < -0.4 is 9.32 Å². The molecule has 7 nitrogen and oxygen atoms in total. The Morgan fingerprint density at radius 2 is 1.91 bits per heavy atom. The van der Waals surface area contributed by atoms with Crippen LogP contribution in [0.5, 0.6) is 0 Å². The summed E-state index contributed by atoms with van der Waals surface area (Å²) in [4.78, 5) is 25.9. The monoisotopic (exact) mass is 501 g/mol. The molecule has 0 atom stereocenters. The van der Waals surface area contributed by atoms with Crippen LogP contribution in [-0.4, -0.2) is 36.7 Å². The molecule has 4 rings (SSSR count). The van der Waals surface area contributed by atoms with E-state index in [9.17, 15) is 9.59 Å². The van der Waals surface area contributed by atoms with Gasteiger partial charge < -0.3 is 14.2 Å². The van der Waals surface area contributed by atoms with Gasteiger partial charge in [-0.05, 0) is 44.0 Å². The molecule has 178 valence electrons. The Labute approximate surface area is 208 Å². The lowest BCUT2D eigenvalue weighted by Crippen LogP contribution is -2.37. The Kier molecular flexibility index (Phi) is 7.44. The van der Waals surface area contributed by atoms with Crippen LogP contribution in [0.2, 0.25) is 5.02 Å². The number of aromatic nitrogens is 1. The number of piperidine rings is 1. The first-order chi connectivity index (χ1) is 16.4. The molecule has 1 fully saturated rings. The summed E-state index contributed by atoms with van der Waals surface area (Å²) in [5.74, 6) is 0.0280. The van der Waals surface area contributed by atoms with Crippen molar-refractivity contribution in [1.82, 2.24) is 5.16 Å². The first-order valence-corrected chi connectivity index (χ1v) is 11.8. The summed E-state index contributed by atoms with van der Waals surface area (Å²) in [5.41, 5.74) is 3.57. The first kappa shape index (κ1) is 24.1. The fourth-order valence-electron chi connectivity index (χ4n) is 4.14. The summed E-state index contributed by atoms with van der Waals surface area (Å²) < 4.78 is 11.9. The van der Waals surface area contributed by atoms with Crippen LogP contribution >= 0.6 is 23.4 Å². The van der Waals surface area contributed by atoms with Crippen molar-refractivity contribution < 1.29 is 18.8 Å². The number of rotatable bonds is 6. The molecule has 2 aromatic carbocycles. The Morgan fingerprint density at radius 1 is 1.18 bits per heavy atom. The number of amides is 1.